The highest BCUT2D eigenvalue weighted by Gasteiger charge is 2.23. The number of carbonyl (C=O) groups is 1. The predicted molar refractivity (Wildman–Crippen MR) is 45.9 cm³/mol. The van der Waals surface area contributed by atoms with E-state index in [2.05, 4.69) is 4.98 Å². The van der Waals surface area contributed by atoms with Crippen LogP contribution in [0.25, 0.3) is 0 Å². The summed E-state index contributed by atoms with van der Waals surface area (Å²) in [7, 11) is 0. The maximum atomic E-state index is 12.3. The number of aryl methyl sites for hydroxylation is 1. The topological polar surface area (TPSA) is 50.2 Å². The van der Waals surface area contributed by atoms with E-state index in [0.717, 1.165) is 6.20 Å². The Morgan fingerprint density at radius 3 is 2.64 bits per heavy atom. The summed E-state index contributed by atoms with van der Waals surface area (Å²) in [6, 6.07) is 0. The fourth-order valence-corrected chi connectivity index (χ4v) is 1.19. The molecule has 0 spiro atoms. The number of pyridine rings is 1. The summed E-state index contributed by atoms with van der Waals surface area (Å²) < 4.78 is 24.6. The summed E-state index contributed by atoms with van der Waals surface area (Å²) in [4.78, 5) is 14.0. The van der Waals surface area contributed by atoms with Gasteiger partial charge in [0.1, 0.15) is 11.3 Å². The molecular formula is C8H6ClF2NO2. The molecule has 1 N–H and O–H groups in total. The Morgan fingerprint density at radius 1 is 1.64 bits per heavy atom. The first-order valence-electron chi connectivity index (χ1n) is 3.61. The molecule has 0 aliphatic carbocycles. The Balaban J connectivity index is 3.45. The number of aromatic carboxylic acids is 1. The number of halogens is 3. The van der Waals surface area contributed by atoms with E-state index in [0.29, 0.717) is 5.56 Å². The van der Waals surface area contributed by atoms with Crippen LogP contribution in [0, 0.1) is 6.92 Å². The lowest BCUT2D eigenvalue weighted by Gasteiger charge is -2.07. The van der Waals surface area contributed by atoms with E-state index in [9.17, 15) is 13.6 Å². The molecule has 3 nitrogen and oxygen atoms in total. The van der Waals surface area contributed by atoms with Crippen LogP contribution in [-0.2, 0) is 0 Å². The Morgan fingerprint density at radius 2 is 2.21 bits per heavy atom. The van der Waals surface area contributed by atoms with Gasteiger partial charge >= 0.3 is 5.97 Å². The van der Waals surface area contributed by atoms with Gasteiger partial charge in [-0.25, -0.2) is 13.6 Å². The van der Waals surface area contributed by atoms with Crippen molar-refractivity contribution in [1.82, 2.24) is 4.98 Å². The monoisotopic (exact) mass is 221 g/mol. The molecule has 1 aromatic rings. The highest BCUT2D eigenvalue weighted by atomic mass is 35.5. The van der Waals surface area contributed by atoms with Crippen LogP contribution in [0.2, 0.25) is 5.02 Å². The quantitative estimate of drug-likeness (QED) is 0.835. The first-order valence-corrected chi connectivity index (χ1v) is 3.99. The Labute approximate surface area is 83.3 Å². The maximum Gasteiger partial charge on any atom is 0.339 e. The number of carboxylic acids is 1. The van der Waals surface area contributed by atoms with Crippen molar-refractivity contribution in [3.05, 3.63) is 28.0 Å². The smallest absolute Gasteiger partial charge is 0.339 e. The molecule has 0 aliphatic rings. The standard InChI is InChI=1S/C8H6ClF2NO2/c1-3-2-12-6(7(10)11)4(5(3)9)8(13)14/h2,7H,1H3,(H,13,14). The normalized spacial score (nSPS) is 10.6. The van der Waals surface area contributed by atoms with Gasteiger partial charge in [0.25, 0.3) is 6.43 Å². The largest absolute Gasteiger partial charge is 0.478 e. The highest BCUT2D eigenvalue weighted by Crippen LogP contribution is 2.28. The van der Waals surface area contributed by atoms with Crippen LogP contribution in [0.4, 0.5) is 8.78 Å². The van der Waals surface area contributed by atoms with Crippen LogP contribution in [-0.4, -0.2) is 16.1 Å². The third-order valence-corrected chi connectivity index (χ3v) is 2.13. The van der Waals surface area contributed by atoms with Crippen LogP contribution in [0.5, 0.6) is 0 Å². The summed E-state index contributed by atoms with van der Waals surface area (Å²) in [6.45, 7) is 1.50. The summed E-state index contributed by atoms with van der Waals surface area (Å²) in [5, 5.41) is 8.47. The molecule has 6 heteroatoms. The molecule has 0 amide bonds. The van der Waals surface area contributed by atoms with Gasteiger partial charge in [-0.1, -0.05) is 11.6 Å². The number of rotatable bonds is 2. The first-order chi connectivity index (χ1) is 6.45. The van der Waals surface area contributed by atoms with Crippen LogP contribution >= 0.6 is 11.6 Å². The van der Waals surface area contributed by atoms with Gasteiger partial charge in [0.15, 0.2) is 0 Å². The Bertz CT molecular complexity index is 382. The van der Waals surface area contributed by atoms with E-state index in [1.54, 1.807) is 0 Å². The summed E-state index contributed by atoms with van der Waals surface area (Å²) in [5.74, 6) is -1.50. The molecule has 1 aromatic heterocycles. The van der Waals surface area contributed by atoms with E-state index in [1.807, 2.05) is 0 Å². The fraction of sp³-hybridized carbons (Fsp3) is 0.250. The average Bonchev–Trinajstić information content (AvgIpc) is 2.08. The number of hydrogen-bond acceptors (Lipinski definition) is 2. The first kappa shape index (κ1) is 10.8. The van der Waals surface area contributed by atoms with E-state index in [4.69, 9.17) is 16.7 Å². The van der Waals surface area contributed by atoms with Gasteiger partial charge in [-0.3, -0.25) is 4.98 Å². The Kier molecular flexibility index (Phi) is 3.00. The SMILES string of the molecule is Cc1cnc(C(F)F)c(C(=O)O)c1Cl. The molecule has 0 atom stereocenters. The van der Waals surface area contributed by atoms with Gasteiger partial charge in [-0.2, -0.15) is 0 Å². The van der Waals surface area contributed by atoms with Gasteiger partial charge in [-0.05, 0) is 12.5 Å². The van der Waals surface area contributed by atoms with Crippen molar-refractivity contribution < 1.29 is 18.7 Å². The predicted octanol–water partition coefficient (Wildman–Crippen LogP) is 2.68. The molecular weight excluding hydrogens is 216 g/mol. The lowest BCUT2D eigenvalue weighted by Crippen LogP contribution is -2.07. The molecule has 0 aliphatic heterocycles. The minimum absolute atomic E-state index is 0.192. The fourth-order valence-electron chi connectivity index (χ4n) is 0.966. The van der Waals surface area contributed by atoms with E-state index >= 15 is 0 Å². The van der Waals surface area contributed by atoms with Crippen LogP contribution in [0.1, 0.15) is 28.0 Å². The van der Waals surface area contributed by atoms with Gasteiger partial charge in [0.2, 0.25) is 0 Å². The summed E-state index contributed by atoms with van der Waals surface area (Å²) in [6.07, 6.45) is -1.82. The van der Waals surface area contributed by atoms with Gasteiger partial charge < -0.3 is 5.11 Å². The minimum atomic E-state index is -2.95. The van der Waals surface area contributed by atoms with E-state index in [-0.39, 0.29) is 5.02 Å². The van der Waals surface area contributed by atoms with E-state index in [1.165, 1.54) is 6.92 Å². The zero-order valence-corrected chi connectivity index (χ0v) is 7.85. The van der Waals surface area contributed by atoms with Crippen LogP contribution in [0.15, 0.2) is 6.20 Å². The minimum Gasteiger partial charge on any atom is -0.478 e. The number of alkyl halides is 2. The summed E-state index contributed by atoms with van der Waals surface area (Å²) in [5.41, 5.74) is -1.07. The highest BCUT2D eigenvalue weighted by molar-refractivity contribution is 6.34. The lowest BCUT2D eigenvalue weighted by atomic mass is 10.1. The molecule has 14 heavy (non-hydrogen) atoms. The molecule has 0 aromatic carbocycles. The van der Waals surface area contributed by atoms with Gasteiger partial charge in [0, 0.05) is 6.20 Å². The van der Waals surface area contributed by atoms with Crippen molar-refractivity contribution in [1.29, 1.82) is 0 Å². The number of carboxylic acid groups (broad SMARTS) is 1. The average molecular weight is 222 g/mol. The zero-order valence-electron chi connectivity index (χ0n) is 7.09. The molecule has 1 heterocycles. The molecule has 0 saturated heterocycles. The van der Waals surface area contributed by atoms with Gasteiger partial charge in [-0.15, -0.1) is 0 Å². The van der Waals surface area contributed by atoms with Crippen molar-refractivity contribution in [2.45, 2.75) is 13.3 Å². The summed E-state index contributed by atoms with van der Waals surface area (Å²) >= 11 is 5.58. The van der Waals surface area contributed by atoms with Crippen molar-refractivity contribution in [3.63, 3.8) is 0 Å². The number of aromatic nitrogens is 1. The number of hydrogen-bond donors (Lipinski definition) is 1. The van der Waals surface area contributed by atoms with E-state index < -0.39 is 23.7 Å². The molecule has 0 unspecified atom stereocenters. The molecule has 0 fully saturated rings. The van der Waals surface area contributed by atoms with Gasteiger partial charge in [0.05, 0.1) is 5.02 Å². The second kappa shape index (κ2) is 3.88. The van der Waals surface area contributed by atoms with Crippen LogP contribution < -0.4 is 0 Å². The van der Waals surface area contributed by atoms with Crippen molar-refractivity contribution >= 4 is 17.6 Å². The molecule has 0 bridgehead atoms. The molecule has 0 radical (unpaired) electrons. The van der Waals surface area contributed by atoms with Crippen LogP contribution in [0.3, 0.4) is 0 Å². The number of nitrogens with zero attached hydrogens (tertiary/aromatic N) is 1. The van der Waals surface area contributed by atoms with Crippen molar-refractivity contribution in [2.75, 3.05) is 0 Å². The third-order valence-electron chi connectivity index (χ3n) is 1.64. The van der Waals surface area contributed by atoms with Crippen molar-refractivity contribution in [2.24, 2.45) is 0 Å². The van der Waals surface area contributed by atoms with Crippen molar-refractivity contribution in [3.8, 4) is 0 Å². The third kappa shape index (κ3) is 1.82. The molecule has 1 rings (SSSR count). The maximum absolute atomic E-state index is 12.3. The molecule has 0 saturated carbocycles. The second-order valence-electron chi connectivity index (χ2n) is 2.62. The second-order valence-corrected chi connectivity index (χ2v) is 3.00. The lowest BCUT2D eigenvalue weighted by molar-refractivity contribution is 0.0682. The Hall–Kier alpha value is -1.23. The zero-order chi connectivity index (χ0) is 10.9. The molecule has 76 valence electrons.